The zero-order chi connectivity index (χ0) is 20.4. The Morgan fingerprint density at radius 1 is 0.964 bits per heavy atom. The highest BCUT2D eigenvalue weighted by molar-refractivity contribution is 5.85. The van der Waals surface area contributed by atoms with Crippen LogP contribution in [0.4, 0.5) is 0 Å². The third-order valence-corrected chi connectivity index (χ3v) is 3.66. The van der Waals surface area contributed by atoms with Crippen molar-refractivity contribution in [2.75, 3.05) is 27.4 Å². The SMILES string of the molecule is C=C=Cc1ccc(OCCOc2ccc(/C=C/C(=O)O)cc2OC)c(OC)c1. The van der Waals surface area contributed by atoms with Crippen molar-refractivity contribution in [3.63, 3.8) is 0 Å². The molecule has 146 valence electrons. The fourth-order valence-electron chi connectivity index (χ4n) is 2.39. The fourth-order valence-corrected chi connectivity index (χ4v) is 2.39. The highest BCUT2D eigenvalue weighted by atomic mass is 16.5. The van der Waals surface area contributed by atoms with E-state index in [4.69, 9.17) is 24.1 Å². The molecule has 0 aliphatic rings. The van der Waals surface area contributed by atoms with Crippen LogP contribution in [0.1, 0.15) is 11.1 Å². The topological polar surface area (TPSA) is 74.2 Å². The van der Waals surface area contributed by atoms with Gasteiger partial charge >= 0.3 is 5.97 Å². The van der Waals surface area contributed by atoms with Crippen LogP contribution in [0.5, 0.6) is 23.0 Å². The van der Waals surface area contributed by atoms with E-state index < -0.39 is 5.97 Å². The number of ether oxygens (including phenoxy) is 4. The molecule has 2 rings (SSSR count). The van der Waals surface area contributed by atoms with Gasteiger partial charge in [-0.2, -0.15) is 0 Å². The molecule has 6 nitrogen and oxygen atoms in total. The smallest absolute Gasteiger partial charge is 0.328 e. The number of hydrogen-bond acceptors (Lipinski definition) is 5. The number of carboxylic acids is 1. The average molecular weight is 382 g/mol. The lowest BCUT2D eigenvalue weighted by Gasteiger charge is -2.13. The first kappa shape index (κ1) is 20.7. The third-order valence-electron chi connectivity index (χ3n) is 3.66. The Morgan fingerprint density at radius 3 is 2.00 bits per heavy atom. The van der Waals surface area contributed by atoms with Crippen molar-refractivity contribution in [2.24, 2.45) is 0 Å². The lowest BCUT2D eigenvalue weighted by atomic mass is 10.2. The van der Waals surface area contributed by atoms with E-state index in [-0.39, 0.29) is 6.61 Å². The van der Waals surface area contributed by atoms with E-state index in [0.29, 0.717) is 35.2 Å². The molecule has 0 fully saturated rings. The van der Waals surface area contributed by atoms with Crippen molar-refractivity contribution < 1.29 is 28.8 Å². The Bertz CT molecular complexity index is 894. The van der Waals surface area contributed by atoms with Crippen LogP contribution in [-0.2, 0) is 4.79 Å². The number of carbonyl (C=O) groups is 1. The van der Waals surface area contributed by atoms with E-state index in [0.717, 1.165) is 11.6 Å². The maximum absolute atomic E-state index is 10.6. The molecule has 0 radical (unpaired) electrons. The molecule has 0 atom stereocenters. The normalized spacial score (nSPS) is 10.2. The Kier molecular flexibility index (Phi) is 7.76. The van der Waals surface area contributed by atoms with Gasteiger partial charge in [0.25, 0.3) is 0 Å². The molecule has 2 aromatic rings. The molecule has 0 amide bonds. The molecule has 2 aromatic carbocycles. The zero-order valence-corrected chi connectivity index (χ0v) is 15.8. The van der Waals surface area contributed by atoms with Gasteiger partial charge in [-0.25, -0.2) is 4.79 Å². The Morgan fingerprint density at radius 2 is 1.50 bits per heavy atom. The highest BCUT2D eigenvalue weighted by Gasteiger charge is 2.07. The molecule has 0 unspecified atom stereocenters. The van der Waals surface area contributed by atoms with Gasteiger partial charge in [-0.1, -0.05) is 18.7 Å². The van der Waals surface area contributed by atoms with Crippen LogP contribution in [0.3, 0.4) is 0 Å². The van der Waals surface area contributed by atoms with Gasteiger partial charge in [0.2, 0.25) is 0 Å². The van der Waals surface area contributed by atoms with E-state index in [1.54, 1.807) is 31.4 Å². The largest absolute Gasteiger partial charge is 0.493 e. The van der Waals surface area contributed by atoms with Crippen molar-refractivity contribution in [3.8, 4) is 23.0 Å². The number of benzene rings is 2. The standard InChI is InChI=1S/C22H22O6/c1-4-5-16-6-9-18(20(14-16)25-2)27-12-13-28-19-10-7-17(8-11-22(23)24)15-21(19)26-3/h5-11,14-15H,1,12-13H2,2-3H3,(H,23,24)/b11-8+. The first-order chi connectivity index (χ1) is 13.6. The molecule has 0 bridgehead atoms. The van der Waals surface area contributed by atoms with Gasteiger partial charge in [0.15, 0.2) is 23.0 Å². The molecule has 28 heavy (non-hydrogen) atoms. The van der Waals surface area contributed by atoms with Crippen molar-refractivity contribution in [1.82, 2.24) is 0 Å². The Hall–Kier alpha value is -3.63. The summed E-state index contributed by atoms with van der Waals surface area (Å²) in [6.07, 6.45) is 4.29. The maximum Gasteiger partial charge on any atom is 0.328 e. The number of hydrogen-bond donors (Lipinski definition) is 1. The minimum absolute atomic E-state index is 0.290. The highest BCUT2D eigenvalue weighted by Crippen LogP contribution is 2.30. The summed E-state index contributed by atoms with van der Waals surface area (Å²) in [5, 5.41) is 8.70. The minimum atomic E-state index is -1.01. The molecule has 0 aromatic heterocycles. The van der Waals surface area contributed by atoms with E-state index in [9.17, 15) is 4.79 Å². The second kappa shape index (κ2) is 10.5. The van der Waals surface area contributed by atoms with Gasteiger partial charge in [0.1, 0.15) is 13.2 Å². The molecule has 0 heterocycles. The van der Waals surface area contributed by atoms with E-state index >= 15 is 0 Å². The maximum atomic E-state index is 10.6. The van der Waals surface area contributed by atoms with Crippen LogP contribution in [0.25, 0.3) is 12.2 Å². The Labute approximate surface area is 163 Å². The van der Waals surface area contributed by atoms with Gasteiger partial charge in [-0.3, -0.25) is 0 Å². The third kappa shape index (κ3) is 5.97. The summed E-state index contributed by atoms with van der Waals surface area (Å²) in [6, 6.07) is 10.7. The second-order valence-electron chi connectivity index (χ2n) is 5.54. The van der Waals surface area contributed by atoms with Crippen molar-refractivity contribution in [3.05, 3.63) is 65.9 Å². The lowest BCUT2D eigenvalue weighted by molar-refractivity contribution is -0.131. The van der Waals surface area contributed by atoms with Crippen LogP contribution < -0.4 is 18.9 Å². The monoisotopic (exact) mass is 382 g/mol. The summed E-state index contributed by atoms with van der Waals surface area (Å²) >= 11 is 0. The average Bonchev–Trinajstić information content (AvgIpc) is 2.70. The van der Waals surface area contributed by atoms with E-state index in [1.165, 1.54) is 13.2 Å². The van der Waals surface area contributed by atoms with Gasteiger partial charge in [0.05, 0.1) is 14.2 Å². The molecule has 0 aliphatic carbocycles. The second-order valence-corrected chi connectivity index (χ2v) is 5.54. The quantitative estimate of drug-likeness (QED) is 0.380. The van der Waals surface area contributed by atoms with Crippen molar-refractivity contribution in [1.29, 1.82) is 0 Å². The molecular weight excluding hydrogens is 360 g/mol. The van der Waals surface area contributed by atoms with Gasteiger partial charge < -0.3 is 24.1 Å². The summed E-state index contributed by atoms with van der Waals surface area (Å²) in [5.74, 6) is 1.24. The molecule has 1 N–H and O–H groups in total. The number of methoxy groups -OCH3 is 2. The molecule has 0 saturated heterocycles. The Balaban J connectivity index is 1.96. The van der Waals surface area contributed by atoms with E-state index in [1.807, 2.05) is 18.2 Å². The van der Waals surface area contributed by atoms with Crippen LogP contribution >= 0.6 is 0 Å². The predicted molar refractivity (Wildman–Crippen MR) is 107 cm³/mol. The minimum Gasteiger partial charge on any atom is -0.493 e. The van der Waals surface area contributed by atoms with Gasteiger partial charge in [-0.05, 0) is 47.5 Å². The number of rotatable bonds is 10. The van der Waals surface area contributed by atoms with Crippen molar-refractivity contribution >= 4 is 18.1 Å². The predicted octanol–water partition coefficient (Wildman–Crippen LogP) is 4.06. The molecule has 0 aliphatic heterocycles. The lowest BCUT2D eigenvalue weighted by Crippen LogP contribution is -2.10. The van der Waals surface area contributed by atoms with Crippen LogP contribution in [-0.4, -0.2) is 38.5 Å². The van der Waals surface area contributed by atoms with E-state index in [2.05, 4.69) is 12.3 Å². The molecular formula is C22H22O6. The summed E-state index contributed by atoms with van der Waals surface area (Å²) in [4.78, 5) is 10.6. The fraction of sp³-hybridized carbons (Fsp3) is 0.182. The van der Waals surface area contributed by atoms with Crippen LogP contribution in [0, 0.1) is 0 Å². The molecule has 0 saturated carbocycles. The summed E-state index contributed by atoms with van der Waals surface area (Å²) in [5.41, 5.74) is 4.33. The molecule has 0 spiro atoms. The number of aliphatic carboxylic acids is 1. The first-order valence-electron chi connectivity index (χ1n) is 8.46. The summed E-state index contributed by atoms with van der Waals surface area (Å²) in [7, 11) is 3.10. The van der Waals surface area contributed by atoms with Crippen LogP contribution in [0.15, 0.2) is 54.8 Å². The van der Waals surface area contributed by atoms with Crippen molar-refractivity contribution in [2.45, 2.75) is 0 Å². The number of carboxylic acid groups (broad SMARTS) is 1. The molecule has 6 heteroatoms. The van der Waals surface area contributed by atoms with Crippen LogP contribution in [0.2, 0.25) is 0 Å². The van der Waals surface area contributed by atoms with Gasteiger partial charge in [-0.15, -0.1) is 5.73 Å². The summed E-state index contributed by atoms with van der Waals surface area (Å²) in [6.45, 7) is 4.14. The zero-order valence-electron chi connectivity index (χ0n) is 15.8. The van der Waals surface area contributed by atoms with Gasteiger partial charge in [0, 0.05) is 6.08 Å². The first-order valence-corrected chi connectivity index (χ1v) is 8.46. The summed E-state index contributed by atoms with van der Waals surface area (Å²) < 4.78 is 22.1.